The van der Waals surface area contributed by atoms with Gasteiger partial charge in [0.2, 0.25) is 0 Å². The Balaban J connectivity index is 0.00000261. The van der Waals surface area contributed by atoms with E-state index < -0.39 is 5.60 Å². The lowest BCUT2D eigenvalue weighted by atomic mass is 9.87. The number of rotatable bonds is 4. The summed E-state index contributed by atoms with van der Waals surface area (Å²) in [5.41, 5.74) is 0.278. The molecule has 1 aliphatic heterocycles. The van der Waals surface area contributed by atoms with E-state index >= 15 is 0 Å². The highest BCUT2D eigenvalue weighted by molar-refractivity contribution is 5.44. The third-order valence-corrected chi connectivity index (χ3v) is 5.26. The molecule has 0 amide bonds. The second-order valence-corrected chi connectivity index (χ2v) is 7.11. The molecule has 0 aliphatic carbocycles. The number of quaternary nitrogens is 1. The molecule has 0 bridgehead atoms. The molecule has 0 atom stereocenters. The summed E-state index contributed by atoms with van der Waals surface area (Å²) in [7, 11) is 0. The number of nitrogens with zero attached hydrogens (tertiary/aromatic N) is 1. The highest BCUT2D eigenvalue weighted by Crippen LogP contribution is 2.29. The van der Waals surface area contributed by atoms with Crippen molar-refractivity contribution in [2.24, 2.45) is 0 Å². The van der Waals surface area contributed by atoms with E-state index in [0.29, 0.717) is 13.1 Å². The van der Waals surface area contributed by atoms with E-state index in [4.69, 9.17) is 6.42 Å². The van der Waals surface area contributed by atoms with Crippen LogP contribution in [0.25, 0.3) is 0 Å². The van der Waals surface area contributed by atoms with Gasteiger partial charge in [-0.2, -0.15) is 0 Å². The molecule has 3 rings (SSSR count). The van der Waals surface area contributed by atoms with Crippen LogP contribution in [0.2, 0.25) is 0 Å². The molecule has 2 aromatic rings. The molecule has 1 fully saturated rings. The van der Waals surface area contributed by atoms with Crippen molar-refractivity contribution in [3.05, 3.63) is 71.8 Å². The summed E-state index contributed by atoms with van der Waals surface area (Å²) >= 11 is 0. The molecular formula is C24H26BrNO. The zero-order valence-electron chi connectivity index (χ0n) is 15.6. The standard InChI is InChI=1S/C24H26NO.BrH/c1-2-18-25(19-10-5-11-20-25)21-12-17-24(26,22-13-6-3-7-14-22)23-15-8-4-9-16-23;/h1,3-4,6-9,13-16,26H,5,10-11,18-21H2;1H/q+1;/p-1. The van der Waals surface area contributed by atoms with E-state index in [0.717, 1.165) is 28.7 Å². The topological polar surface area (TPSA) is 20.2 Å². The third-order valence-electron chi connectivity index (χ3n) is 5.26. The summed E-state index contributed by atoms with van der Waals surface area (Å²) in [6, 6.07) is 19.3. The first-order valence-corrected chi connectivity index (χ1v) is 9.31. The molecule has 0 aromatic heterocycles. The summed E-state index contributed by atoms with van der Waals surface area (Å²) in [5.74, 6) is 9.31. The Hall–Kier alpha value is -2.04. The van der Waals surface area contributed by atoms with Gasteiger partial charge in [0.25, 0.3) is 0 Å². The molecule has 2 aromatic carbocycles. The third kappa shape index (κ3) is 5.02. The van der Waals surface area contributed by atoms with Crippen LogP contribution in [0, 0.1) is 24.2 Å². The molecule has 1 aliphatic rings. The van der Waals surface area contributed by atoms with E-state index in [2.05, 4.69) is 17.8 Å². The van der Waals surface area contributed by atoms with Gasteiger partial charge < -0.3 is 26.6 Å². The Kier molecular flexibility index (Phi) is 7.69. The van der Waals surface area contributed by atoms with Crippen LogP contribution >= 0.6 is 0 Å². The molecule has 140 valence electrons. The van der Waals surface area contributed by atoms with Crippen molar-refractivity contribution in [2.45, 2.75) is 24.9 Å². The molecule has 1 saturated heterocycles. The molecule has 3 heteroatoms. The number of aliphatic hydroxyl groups is 1. The minimum atomic E-state index is -1.31. The highest BCUT2D eigenvalue weighted by Gasteiger charge is 2.31. The van der Waals surface area contributed by atoms with Gasteiger partial charge >= 0.3 is 0 Å². The van der Waals surface area contributed by atoms with Gasteiger partial charge in [0, 0.05) is 11.1 Å². The Morgan fingerprint density at radius 3 is 1.85 bits per heavy atom. The summed E-state index contributed by atoms with van der Waals surface area (Å²) in [6.07, 6.45) is 9.29. The van der Waals surface area contributed by atoms with Gasteiger partial charge in [-0.15, -0.1) is 6.42 Å². The second-order valence-electron chi connectivity index (χ2n) is 7.11. The number of benzene rings is 2. The Bertz CT molecular complexity index is 769. The van der Waals surface area contributed by atoms with Crippen LogP contribution in [0.4, 0.5) is 0 Å². The number of piperidine rings is 1. The zero-order valence-corrected chi connectivity index (χ0v) is 17.2. The van der Waals surface area contributed by atoms with Crippen molar-refractivity contribution in [2.75, 3.05) is 26.2 Å². The minimum absolute atomic E-state index is 0. The summed E-state index contributed by atoms with van der Waals surface area (Å²) < 4.78 is 0.850. The van der Waals surface area contributed by atoms with Gasteiger partial charge in [0.15, 0.2) is 5.60 Å². The lowest BCUT2D eigenvalue weighted by molar-refractivity contribution is -0.919. The first-order chi connectivity index (χ1) is 12.7. The number of hydrogen-bond acceptors (Lipinski definition) is 1. The predicted molar refractivity (Wildman–Crippen MR) is 106 cm³/mol. The van der Waals surface area contributed by atoms with E-state index in [9.17, 15) is 5.11 Å². The van der Waals surface area contributed by atoms with Crippen molar-refractivity contribution >= 4 is 0 Å². The zero-order chi connectivity index (χ0) is 18.3. The van der Waals surface area contributed by atoms with Gasteiger partial charge in [0.1, 0.15) is 13.1 Å². The van der Waals surface area contributed by atoms with Crippen LogP contribution in [0.15, 0.2) is 60.7 Å². The van der Waals surface area contributed by atoms with E-state index in [-0.39, 0.29) is 17.0 Å². The second kappa shape index (κ2) is 9.77. The quantitative estimate of drug-likeness (QED) is 0.562. The predicted octanol–water partition coefficient (Wildman–Crippen LogP) is 0.564. The Labute approximate surface area is 173 Å². The van der Waals surface area contributed by atoms with Crippen LogP contribution in [-0.2, 0) is 5.60 Å². The molecule has 0 radical (unpaired) electrons. The van der Waals surface area contributed by atoms with Crippen LogP contribution in [0.3, 0.4) is 0 Å². The van der Waals surface area contributed by atoms with E-state index in [1.165, 1.54) is 19.3 Å². The monoisotopic (exact) mass is 423 g/mol. The first kappa shape index (κ1) is 21.3. The smallest absolute Gasteiger partial charge is 0.177 e. The fourth-order valence-corrected chi connectivity index (χ4v) is 3.75. The molecule has 1 N–H and O–H groups in total. The minimum Gasteiger partial charge on any atom is -1.00 e. The number of hydrogen-bond donors (Lipinski definition) is 1. The van der Waals surface area contributed by atoms with Crippen molar-refractivity contribution < 1.29 is 26.6 Å². The normalized spacial score (nSPS) is 15.6. The maximum absolute atomic E-state index is 11.5. The molecule has 0 saturated carbocycles. The highest BCUT2D eigenvalue weighted by atomic mass is 79.9. The van der Waals surface area contributed by atoms with Crippen LogP contribution in [0.5, 0.6) is 0 Å². The maximum atomic E-state index is 11.5. The van der Waals surface area contributed by atoms with Crippen LogP contribution in [-0.4, -0.2) is 35.8 Å². The SMILES string of the molecule is C#CC[N+]1(CC#CC(O)(c2ccccc2)c2ccccc2)CCCCC1.[Br-]. The largest absolute Gasteiger partial charge is 1.00 e. The molecule has 0 spiro atoms. The van der Waals surface area contributed by atoms with E-state index in [1.807, 2.05) is 60.7 Å². The van der Waals surface area contributed by atoms with Crippen molar-refractivity contribution in [1.82, 2.24) is 0 Å². The molecule has 0 unspecified atom stereocenters. The van der Waals surface area contributed by atoms with Crippen molar-refractivity contribution in [1.29, 1.82) is 0 Å². The maximum Gasteiger partial charge on any atom is 0.177 e. The average molecular weight is 424 g/mol. The van der Waals surface area contributed by atoms with E-state index in [1.54, 1.807) is 0 Å². The lowest BCUT2D eigenvalue weighted by Gasteiger charge is -2.38. The Morgan fingerprint density at radius 1 is 0.852 bits per heavy atom. The Morgan fingerprint density at radius 2 is 1.37 bits per heavy atom. The van der Waals surface area contributed by atoms with Gasteiger partial charge in [-0.25, -0.2) is 0 Å². The van der Waals surface area contributed by atoms with Crippen LogP contribution in [0.1, 0.15) is 30.4 Å². The van der Waals surface area contributed by atoms with Gasteiger partial charge in [-0.1, -0.05) is 66.6 Å². The van der Waals surface area contributed by atoms with Crippen molar-refractivity contribution in [3.63, 3.8) is 0 Å². The summed E-state index contributed by atoms with van der Waals surface area (Å²) in [6.45, 7) is 3.55. The summed E-state index contributed by atoms with van der Waals surface area (Å²) in [5, 5.41) is 11.5. The molecular weight excluding hydrogens is 398 g/mol. The molecule has 27 heavy (non-hydrogen) atoms. The average Bonchev–Trinajstić information content (AvgIpc) is 2.70. The first-order valence-electron chi connectivity index (χ1n) is 9.31. The van der Waals surface area contributed by atoms with Gasteiger partial charge in [-0.3, -0.25) is 0 Å². The van der Waals surface area contributed by atoms with Crippen molar-refractivity contribution in [3.8, 4) is 24.2 Å². The number of terminal acetylenes is 1. The van der Waals surface area contributed by atoms with Gasteiger partial charge in [-0.05, 0) is 31.1 Å². The number of likely N-dealkylation sites (tertiary alicyclic amines) is 1. The lowest BCUT2D eigenvalue weighted by Crippen LogP contribution is -3.00. The fraction of sp³-hybridized carbons (Fsp3) is 0.333. The molecule has 1 heterocycles. The van der Waals surface area contributed by atoms with Crippen LogP contribution < -0.4 is 17.0 Å². The van der Waals surface area contributed by atoms with Gasteiger partial charge in [0.05, 0.1) is 13.1 Å². The number of halogens is 1. The fourth-order valence-electron chi connectivity index (χ4n) is 3.75. The summed E-state index contributed by atoms with van der Waals surface area (Å²) in [4.78, 5) is 0. The molecule has 2 nitrogen and oxygen atoms in total.